The number of allylic oxidation sites excluding steroid dienone is 1. The number of benzene rings is 2. The second kappa shape index (κ2) is 9.22. The van der Waals surface area contributed by atoms with Crippen LogP contribution in [-0.4, -0.2) is 10.9 Å². The summed E-state index contributed by atoms with van der Waals surface area (Å²) in [4.78, 5) is 12.2. The molecule has 0 aliphatic heterocycles. The van der Waals surface area contributed by atoms with Crippen molar-refractivity contribution in [2.45, 2.75) is 47.0 Å². The van der Waals surface area contributed by atoms with E-state index in [1.54, 1.807) is 24.3 Å². The Morgan fingerprint density at radius 2 is 1.36 bits per heavy atom. The van der Waals surface area contributed by atoms with Gasteiger partial charge in [-0.15, -0.1) is 0 Å². The SMILES string of the molecule is CC(C)(C)c1ccc(C(=O)C=C(O)c2ccccc2)cc1.CC(C)C. The van der Waals surface area contributed by atoms with Crippen LogP contribution in [0.3, 0.4) is 0 Å². The van der Waals surface area contributed by atoms with Crippen LogP contribution in [-0.2, 0) is 5.41 Å². The van der Waals surface area contributed by atoms with Crippen LogP contribution in [0.5, 0.6) is 0 Å². The van der Waals surface area contributed by atoms with Crippen molar-refractivity contribution < 1.29 is 9.90 Å². The van der Waals surface area contributed by atoms with E-state index in [0.717, 1.165) is 5.92 Å². The first-order chi connectivity index (χ1) is 11.6. The van der Waals surface area contributed by atoms with Gasteiger partial charge in [0, 0.05) is 17.2 Å². The highest BCUT2D eigenvalue weighted by Gasteiger charge is 2.14. The molecule has 134 valence electrons. The molecule has 1 N–H and O–H groups in total. The fourth-order valence-corrected chi connectivity index (χ4v) is 2.03. The average molecular weight is 338 g/mol. The van der Waals surface area contributed by atoms with Crippen molar-refractivity contribution in [3.8, 4) is 0 Å². The predicted molar refractivity (Wildman–Crippen MR) is 107 cm³/mol. The van der Waals surface area contributed by atoms with E-state index >= 15 is 0 Å². The van der Waals surface area contributed by atoms with Crippen molar-refractivity contribution in [3.63, 3.8) is 0 Å². The first kappa shape index (κ1) is 20.7. The van der Waals surface area contributed by atoms with Gasteiger partial charge in [-0.2, -0.15) is 0 Å². The molecule has 0 heterocycles. The molecule has 2 aromatic carbocycles. The number of carbonyl (C=O) groups is 1. The highest BCUT2D eigenvalue weighted by Crippen LogP contribution is 2.22. The fraction of sp³-hybridized carbons (Fsp3) is 0.348. The van der Waals surface area contributed by atoms with Gasteiger partial charge in [0.1, 0.15) is 5.76 Å². The third-order valence-corrected chi connectivity index (χ3v) is 3.37. The minimum Gasteiger partial charge on any atom is -0.507 e. The zero-order valence-corrected chi connectivity index (χ0v) is 16.2. The molecule has 0 atom stereocenters. The fourth-order valence-electron chi connectivity index (χ4n) is 2.03. The smallest absolute Gasteiger partial charge is 0.189 e. The Morgan fingerprint density at radius 3 is 1.80 bits per heavy atom. The molecular weight excluding hydrogens is 308 g/mol. The lowest BCUT2D eigenvalue weighted by Crippen LogP contribution is -2.11. The molecule has 0 saturated heterocycles. The van der Waals surface area contributed by atoms with E-state index in [-0.39, 0.29) is 17.0 Å². The summed E-state index contributed by atoms with van der Waals surface area (Å²) in [7, 11) is 0. The van der Waals surface area contributed by atoms with E-state index in [2.05, 4.69) is 41.5 Å². The van der Waals surface area contributed by atoms with E-state index in [1.807, 2.05) is 30.3 Å². The first-order valence-electron chi connectivity index (χ1n) is 8.72. The Bertz CT molecular complexity index is 684. The Morgan fingerprint density at radius 1 is 0.880 bits per heavy atom. The lowest BCUT2D eigenvalue weighted by molar-refractivity contribution is 0.104. The lowest BCUT2D eigenvalue weighted by atomic mass is 9.86. The molecule has 0 aromatic heterocycles. The predicted octanol–water partition coefficient (Wildman–Crippen LogP) is 6.43. The summed E-state index contributed by atoms with van der Waals surface area (Å²) in [5.74, 6) is 0.623. The van der Waals surface area contributed by atoms with Crippen LogP contribution in [0, 0.1) is 5.92 Å². The zero-order valence-electron chi connectivity index (χ0n) is 16.2. The highest BCUT2D eigenvalue weighted by molar-refractivity contribution is 6.07. The van der Waals surface area contributed by atoms with Crippen LogP contribution < -0.4 is 0 Å². The van der Waals surface area contributed by atoms with Gasteiger partial charge in [0.05, 0.1) is 0 Å². The molecule has 0 fully saturated rings. The van der Waals surface area contributed by atoms with Gasteiger partial charge in [-0.3, -0.25) is 4.79 Å². The third-order valence-electron chi connectivity index (χ3n) is 3.37. The van der Waals surface area contributed by atoms with Crippen molar-refractivity contribution in [1.29, 1.82) is 0 Å². The van der Waals surface area contributed by atoms with Crippen molar-refractivity contribution >= 4 is 11.5 Å². The van der Waals surface area contributed by atoms with Crippen LogP contribution in [0.4, 0.5) is 0 Å². The molecule has 0 spiro atoms. The number of hydrogen-bond donors (Lipinski definition) is 1. The van der Waals surface area contributed by atoms with Crippen LogP contribution in [0.2, 0.25) is 0 Å². The largest absolute Gasteiger partial charge is 0.507 e. The standard InChI is InChI=1S/C19H20O2.C4H10/c1-19(2,3)16-11-9-15(10-12-16)18(21)13-17(20)14-7-5-4-6-8-14;1-4(2)3/h4-13,20H,1-3H3;4H,1-3H3. The molecule has 0 aliphatic carbocycles. The van der Waals surface area contributed by atoms with E-state index < -0.39 is 0 Å². The van der Waals surface area contributed by atoms with Crippen LogP contribution in [0.1, 0.15) is 63.0 Å². The van der Waals surface area contributed by atoms with Crippen LogP contribution in [0.25, 0.3) is 5.76 Å². The summed E-state index contributed by atoms with van der Waals surface area (Å²) < 4.78 is 0. The Labute approximate surface area is 152 Å². The van der Waals surface area contributed by atoms with E-state index in [9.17, 15) is 9.90 Å². The summed E-state index contributed by atoms with van der Waals surface area (Å²) in [5.41, 5.74) is 2.45. The molecule has 0 aliphatic rings. The van der Waals surface area contributed by atoms with Crippen molar-refractivity contribution in [2.24, 2.45) is 5.92 Å². The van der Waals surface area contributed by atoms with Crippen molar-refractivity contribution in [1.82, 2.24) is 0 Å². The van der Waals surface area contributed by atoms with Gasteiger partial charge in [-0.25, -0.2) is 0 Å². The molecule has 0 saturated carbocycles. The average Bonchev–Trinajstić information content (AvgIpc) is 2.54. The second-order valence-corrected chi connectivity index (χ2v) is 7.82. The minimum absolute atomic E-state index is 0.0134. The van der Waals surface area contributed by atoms with Gasteiger partial charge in [0.15, 0.2) is 5.78 Å². The zero-order chi connectivity index (χ0) is 19.0. The maximum Gasteiger partial charge on any atom is 0.189 e. The maximum absolute atomic E-state index is 12.2. The summed E-state index contributed by atoms with van der Waals surface area (Å²) >= 11 is 0. The van der Waals surface area contributed by atoms with Gasteiger partial charge in [0.2, 0.25) is 0 Å². The summed E-state index contributed by atoms with van der Waals surface area (Å²) in [6.45, 7) is 12.9. The summed E-state index contributed by atoms with van der Waals surface area (Å²) in [5, 5.41) is 9.98. The monoisotopic (exact) mass is 338 g/mol. The molecule has 2 aromatic rings. The highest BCUT2D eigenvalue weighted by atomic mass is 16.3. The number of rotatable bonds is 3. The number of aliphatic hydroxyl groups excluding tert-OH is 1. The van der Waals surface area contributed by atoms with Gasteiger partial charge in [-0.1, -0.05) is 96.1 Å². The van der Waals surface area contributed by atoms with Crippen LogP contribution >= 0.6 is 0 Å². The van der Waals surface area contributed by atoms with Crippen molar-refractivity contribution in [2.75, 3.05) is 0 Å². The van der Waals surface area contributed by atoms with E-state index in [4.69, 9.17) is 0 Å². The summed E-state index contributed by atoms with van der Waals surface area (Å²) in [6, 6.07) is 16.6. The Kier molecular flexibility index (Phi) is 7.63. The molecule has 2 rings (SSSR count). The third kappa shape index (κ3) is 7.38. The van der Waals surface area contributed by atoms with Crippen LogP contribution in [0.15, 0.2) is 60.7 Å². The molecule has 0 unspecified atom stereocenters. The molecule has 2 heteroatoms. The molecule has 0 bridgehead atoms. The number of hydrogen-bond acceptors (Lipinski definition) is 2. The maximum atomic E-state index is 12.2. The molecular formula is C23H30O2. The number of ketones is 1. The molecule has 25 heavy (non-hydrogen) atoms. The second-order valence-electron chi connectivity index (χ2n) is 7.82. The normalized spacial score (nSPS) is 11.7. The van der Waals surface area contributed by atoms with Gasteiger partial charge in [0.25, 0.3) is 0 Å². The number of aliphatic hydroxyl groups is 1. The number of carbonyl (C=O) groups excluding carboxylic acids is 1. The Hall–Kier alpha value is -2.35. The van der Waals surface area contributed by atoms with Gasteiger partial charge in [-0.05, 0) is 16.9 Å². The Balaban J connectivity index is 0.000000705. The van der Waals surface area contributed by atoms with Gasteiger partial charge >= 0.3 is 0 Å². The van der Waals surface area contributed by atoms with E-state index in [1.165, 1.54) is 11.6 Å². The minimum atomic E-state index is -0.197. The lowest BCUT2D eigenvalue weighted by Gasteiger charge is -2.18. The van der Waals surface area contributed by atoms with Gasteiger partial charge < -0.3 is 5.11 Å². The molecule has 2 nitrogen and oxygen atoms in total. The van der Waals surface area contributed by atoms with E-state index in [0.29, 0.717) is 11.1 Å². The molecule has 0 radical (unpaired) electrons. The summed E-state index contributed by atoms with van der Waals surface area (Å²) in [6.07, 6.45) is 1.27. The van der Waals surface area contributed by atoms with Crippen molar-refractivity contribution in [3.05, 3.63) is 77.4 Å². The topological polar surface area (TPSA) is 37.3 Å². The molecule has 0 amide bonds. The first-order valence-corrected chi connectivity index (χ1v) is 8.72. The quantitative estimate of drug-likeness (QED) is 0.398.